The van der Waals surface area contributed by atoms with Gasteiger partial charge < -0.3 is 15.0 Å². The van der Waals surface area contributed by atoms with Gasteiger partial charge in [-0.05, 0) is 17.0 Å². The minimum Gasteiger partial charge on any atom is -0.375 e. The van der Waals surface area contributed by atoms with Crippen molar-refractivity contribution in [1.82, 2.24) is 10.2 Å². The van der Waals surface area contributed by atoms with E-state index in [4.69, 9.17) is 4.74 Å². The van der Waals surface area contributed by atoms with Gasteiger partial charge in [-0.2, -0.15) is 0 Å². The van der Waals surface area contributed by atoms with Gasteiger partial charge in [0.1, 0.15) is 0 Å². The standard InChI is InChI=1S/C17H26N2O2.ClH/c1-13(2)15-6-4-14(5-7-15)12-19(3)17(20)10-16-11-18-8-9-21-16;/h4-7,13,16,18H,8-12H2,1-3H3;1H. The number of morpholine rings is 1. The number of amides is 1. The Labute approximate surface area is 139 Å². The molecule has 1 unspecified atom stereocenters. The lowest BCUT2D eigenvalue weighted by atomic mass is 10.0. The van der Waals surface area contributed by atoms with Crippen molar-refractivity contribution < 1.29 is 9.53 Å². The van der Waals surface area contributed by atoms with Gasteiger partial charge in [0.05, 0.1) is 19.1 Å². The summed E-state index contributed by atoms with van der Waals surface area (Å²) >= 11 is 0. The van der Waals surface area contributed by atoms with E-state index in [1.165, 1.54) is 5.56 Å². The van der Waals surface area contributed by atoms with Crippen LogP contribution in [0.25, 0.3) is 0 Å². The number of hydrogen-bond acceptors (Lipinski definition) is 3. The average Bonchev–Trinajstić information content (AvgIpc) is 2.48. The first-order valence-electron chi connectivity index (χ1n) is 7.71. The normalized spacial score (nSPS) is 17.9. The number of nitrogens with one attached hydrogen (secondary N) is 1. The summed E-state index contributed by atoms with van der Waals surface area (Å²) in [4.78, 5) is 14.0. The molecule has 1 saturated heterocycles. The van der Waals surface area contributed by atoms with Crippen LogP contribution in [0.5, 0.6) is 0 Å². The summed E-state index contributed by atoms with van der Waals surface area (Å²) in [5.74, 6) is 0.672. The van der Waals surface area contributed by atoms with E-state index in [1.807, 2.05) is 7.05 Å². The Morgan fingerprint density at radius 3 is 2.59 bits per heavy atom. The fourth-order valence-corrected chi connectivity index (χ4v) is 2.47. The van der Waals surface area contributed by atoms with Crippen molar-refractivity contribution >= 4 is 18.3 Å². The lowest BCUT2D eigenvalue weighted by Crippen LogP contribution is -2.41. The van der Waals surface area contributed by atoms with Gasteiger partial charge in [0.2, 0.25) is 5.91 Å². The van der Waals surface area contributed by atoms with Crippen LogP contribution in [0.2, 0.25) is 0 Å². The van der Waals surface area contributed by atoms with E-state index in [0.29, 0.717) is 25.5 Å². The van der Waals surface area contributed by atoms with Gasteiger partial charge in [-0.15, -0.1) is 12.4 Å². The van der Waals surface area contributed by atoms with Crippen molar-refractivity contribution in [2.24, 2.45) is 0 Å². The van der Waals surface area contributed by atoms with E-state index in [9.17, 15) is 4.79 Å². The van der Waals surface area contributed by atoms with Crippen LogP contribution in [0.15, 0.2) is 24.3 Å². The highest BCUT2D eigenvalue weighted by atomic mass is 35.5. The highest BCUT2D eigenvalue weighted by Crippen LogP contribution is 2.16. The number of ether oxygens (including phenoxy) is 1. The zero-order valence-corrected chi connectivity index (χ0v) is 14.5. The maximum absolute atomic E-state index is 12.2. The Balaban J connectivity index is 0.00000242. The highest BCUT2D eigenvalue weighted by Gasteiger charge is 2.19. The fourth-order valence-electron chi connectivity index (χ4n) is 2.47. The fraction of sp³-hybridized carbons (Fsp3) is 0.588. The van der Waals surface area contributed by atoms with Crippen LogP contribution < -0.4 is 5.32 Å². The highest BCUT2D eigenvalue weighted by molar-refractivity contribution is 5.85. The van der Waals surface area contributed by atoms with Crippen LogP contribution in [0.3, 0.4) is 0 Å². The molecular weight excluding hydrogens is 300 g/mol. The zero-order valence-electron chi connectivity index (χ0n) is 13.7. The van der Waals surface area contributed by atoms with E-state index in [2.05, 4.69) is 43.4 Å². The number of carbonyl (C=O) groups is 1. The molecule has 5 heteroatoms. The first-order valence-corrected chi connectivity index (χ1v) is 7.71. The number of halogens is 1. The SMILES string of the molecule is CC(C)c1ccc(CN(C)C(=O)CC2CNCCO2)cc1.Cl. The Morgan fingerprint density at radius 1 is 1.36 bits per heavy atom. The predicted molar refractivity (Wildman–Crippen MR) is 91.5 cm³/mol. The van der Waals surface area contributed by atoms with Crippen LogP contribution >= 0.6 is 12.4 Å². The molecule has 0 spiro atoms. The van der Waals surface area contributed by atoms with Crippen molar-refractivity contribution in [3.63, 3.8) is 0 Å². The van der Waals surface area contributed by atoms with E-state index in [0.717, 1.165) is 18.7 Å². The maximum Gasteiger partial charge on any atom is 0.225 e. The zero-order chi connectivity index (χ0) is 15.2. The Hall–Kier alpha value is -1.10. The smallest absolute Gasteiger partial charge is 0.225 e. The largest absolute Gasteiger partial charge is 0.375 e. The summed E-state index contributed by atoms with van der Waals surface area (Å²) in [6, 6.07) is 8.51. The third-order valence-corrected chi connectivity index (χ3v) is 3.90. The summed E-state index contributed by atoms with van der Waals surface area (Å²) < 4.78 is 5.58. The molecular formula is C17H27ClN2O2. The second-order valence-corrected chi connectivity index (χ2v) is 6.05. The van der Waals surface area contributed by atoms with Gasteiger partial charge in [-0.1, -0.05) is 38.1 Å². The summed E-state index contributed by atoms with van der Waals surface area (Å²) in [5, 5.41) is 3.25. The number of carbonyl (C=O) groups excluding carboxylic acids is 1. The lowest BCUT2D eigenvalue weighted by molar-refractivity contribution is -0.133. The number of nitrogens with zero attached hydrogens (tertiary/aromatic N) is 1. The van der Waals surface area contributed by atoms with E-state index >= 15 is 0 Å². The quantitative estimate of drug-likeness (QED) is 0.904. The molecule has 2 rings (SSSR count). The molecule has 1 aromatic rings. The topological polar surface area (TPSA) is 41.6 Å². The molecule has 0 bridgehead atoms. The molecule has 1 aromatic carbocycles. The van der Waals surface area contributed by atoms with Crippen molar-refractivity contribution in [1.29, 1.82) is 0 Å². The minimum absolute atomic E-state index is 0. The van der Waals surface area contributed by atoms with Crippen LogP contribution in [0.1, 0.15) is 37.3 Å². The molecule has 1 N–H and O–H groups in total. The molecule has 4 nitrogen and oxygen atoms in total. The second-order valence-electron chi connectivity index (χ2n) is 6.05. The molecule has 1 atom stereocenters. The van der Waals surface area contributed by atoms with Gasteiger partial charge in [-0.25, -0.2) is 0 Å². The number of rotatable bonds is 5. The molecule has 22 heavy (non-hydrogen) atoms. The van der Waals surface area contributed by atoms with Crippen LogP contribution in [0.4, 0.5) is 0 Å². The lowest BCUT2D eigenvalue weighted by Gasteiger charge is -2.25. The first-order chi connectivity index (χ1) is 10.1. The molecule has 0 saturated carbocycles. The van der Waals surface area contributed by atoms with Crippen molar-refractivity contribution in [3.05, 3.63) is 35.4 Å². The van der Waals surface area contributed by atoms with Gasteiger partial charge in [-0.3, -0.25) is 4.79 Å². The number of hydrogen-bond donors (Lipinski definition) is 1. The first kappa shape index (κ1) is 18.9. The second kappa shape index (κ2) is 9.13. The van der Waals surface area contributed by atoms with Crippen molar-refractivity contribution in [2.45, 2.75) is 38.8 Å². The average molecular weight is 327 g/mol. The third kappa shape index (κ3) is 5.59. The van der Waals surface area contributed by atoms with E-state index in [-0.39, 0.29) is 24.4 Å². The van der Waals surface area contributed by atoms with Gasteiger partial charge in [0.15, 0.2) is 0 Å². The maximum atomic E-state index is 12.2. The molecule has 1 fully saturated rings. The van der Waals surface area contributed by atoms with Crippen molar-refractivity contribution in [3.8, 4) is 0 Å². The predicted octanol–water partition coefficient (Wildman–Crippen LogP) is 2.57. The van der Waals surface area contributed by atoms with Gasteiger partial charge in [0, 0.05) is 26.7 Å². The van der Waals surface area contributed by atoms with Gasteiger partial charge in [0.25, 0.3) is 0 Å². The summed E-state index contributed by atoms with van der Waals surface area (Å²) in [7, 11) is 1.86. The Bertz CT molecular complexity index is 456. The monoisotopic (exact) mass is 326 g/mol. The molecule has 0 radical (unpaired) electrons. The molecule has 1 aliphatic rings. The third-order valence-electron chi connectivity index (χ3n) is 3.90. The molecule has 1 amide bonds. The van der Waals surface area contributed by atoms with Crippen LogP contribution in [-0.2, 0) is 16.1 Å². The molecule has 124 valence electrons. The molecule has 1 heterocycles. The van der Waals surface area contributed by atoms with E-state index in [1.54, 1.807) is 4.90 Å². The number of benzene rings is 1. The van der Waals surface area contributed by atoms with Crippen LogP contribution in [0, 0.1) is 0 Å². The molecule has 1 aliphatic heterocycles. The summed E-state index contributed by atoms with van der Waals surface area (Å²) in [6.07, 6.45) is 0.463. The summed E-state index contributed by atoms with van der Waals surface area (Å²) in [5.41, 5.74) is 2.49. The van der Waals surface area contributed by atoms with Gasteiger partial charge >= 0.3 is 0 Å². The Kier molecular flexibility index (Phi) is 7.87. The Morgan fingerprint density at radius 2 is 2.05 bits per heavy atom. The van der Waals surface area contributed by atoms with Crippen LogP contribution in [-0.4, -0.2) is 43.7 Å². The van der Waals surface area contributed by atoms with Crippen molar-refractivity contribution in [2.75, 3.05) is 26.7 Å². The summed E-state index contributed by atoms with van der Waals surface area (Å²) in [6.45, 7) is 7.35. The minimum atomic E-state index is 0. The van der Waals surface area contributed by atoms with E-state index < -0.39 is 0 Å². The molecule has 0 aliphatic carbocycles. The molecule has 0 aromatic heterocycles.